The normalized spacial score (nSPS) is 14.9. The number of likely N-dealkylation sites (tertiary alicyclic amines) is 1. The molecule has 9 heteroatoms. The van der Waals surface area contributed by atoms with Crippen molar-refractivity contribution in [3.63, 3.8) is 0 Å². The number of aliphatic imine (C=N–C) groups is 1. The molecule has 0 radical (unpaired) electrons. The van der Waals surface area contributed by atoms with Crippen LogP contribution in [0.4, 0.5) is 18.9 Å². The quantitative estimate of drug-likeness (QED) is 0.340. The van der Waals surface area contributed by atoms with Crippen molar-refractivity contribution in [3.05, 3.63) is 65.5 Å². The maximum Gasteiger partial charge on any atom is 0.416 e. The van der Waals surface area contributed by atoms with Crippen LogP contribution in [0.3, 0.4) is 0 Å². The minimum atomic E-state index is -4.41. The Bertz CT molecular complexity index is 1030. The molecular weight excluding hydrogens is 425 g/mol. The van der Waals surface area contributed by atoms with Gasteiger partial charge in [-0.25, -0.2) is 4.99 Å². The van der Waals surface area contributed by atoms with Crippen molar-refractivity contribution in [2.45, 2.75) is 31.9 Å². The van der Waals surface area contributed by atoms with E-state index in [0.29, 0.717) is 11.6 Å². The number of ether oxygens (including phenoxy) is 1. The number of nitrogens with zero attached hydrogens (tertiary/aromatic N) is 4. The van der Waals surface area contributed by atoms with Crippen LogP contribution in [0.15, 0.2) is 53.5 Å². The molecular formula is C22H21F3N4OS. The Balaban J connectivity index is 1.37. The lowest BCUT2D eigenvalue weighted by atomic mass is 10.0. The summed E-state index contributed by atoms with van der Waals surface area (Å²) in [6, 6.07) is 12.7. The van der Waals surface area contributed by atoms with Crippen molar-refractivity contribution in [1.29, 1.82) is 0 Å². The minimum absolute atomic E-state index is 0.0142. The largest absolute Gasteiger partial charge is 0.430 e. The molecule has 0 amide bonds. The third-order valence-corrected chi connectivity index (χ3v) is 5.56. The highest BCUT2D eigenvalue weighted by Crippen LogP contribution is 2.33. The molecule has 5 nitrogen and oxygen atoms in total. The zero-order chi connectivity index (χ0) is 21.7. The molecule has 0 aliphatic carbocycles. The first-order valence-corrected chi connectivity index (χ1v) is 10.8. The van der Waals surface area contributed by atoms with Crippen molar-refractivity contribution >= 4 is 23.6 Å². The van der Waals surface area contributed by atoms with Crippen molar-refractivity contribution in [2.75, 3.05) is 13.1 Å². The van der Waals surface area contributed by atoms with E-state index in [1.165, 1.54) is 31.4 Å². The van der Waals surface area contributed by atoms with Gasteiger partial charge in [0.15, 0.2) is 5.82 Å². The molecule has 1 fully saturated rings. The number of hydrogen-bond donors (Lipinski definition) is 0. The van der Waals surface area contributed by atoms with Crippen molar-refractivity contribution in [2.24, 2.45) is 4.99 Å². The average molecular weight is 446 g/mol. The van der Waals surface area contributed by atoms with E-state index in [2.05, 4.69) is 19.2 Å². The van der Waals surface area contributed by atoms with Crippen LogP contribution in [0, 0.1) is 0 Å². The Labute approximate surface area is 182 Å². The summed E-state index contributed by atoms with van der Waals surface area (Å²) in [4.78, 5) is 10.9. The van der Waals surface area contributed by atoms with E-state index < -0.39 is 11.7 Å². The maximum absolute atomic E-state index is 13.2. The van der Waals surface area contributed by atoms with E-state index in [-0.39, 0.29) is 17.2 Å². The topological polar surface area (TPSA) is 50.6 Å². The standard InChI is InChI=1S/C22H21F3N4OS/c23-22(24,25)19-7-3-2-6-16(19)14-20-27-21(31-28-20)30-18-10-8-17(9-11-18)26-15-29-12-4-1-5-13-29/h2-3,6-11,15H,1,4-5,12-14H2. The molecule has 4 rings (SSSR count). The summed E-state index contributed by atoms with van der Waals surface area (Å²) in [5.74, 6) is 0.856. The summed E-state index contributed by atoms with van der Waals surface area (Å²) in [7, 11) is 0. The summed E-state index contributed by atoms with van der Waals surface area (Å²) >= 11 is 1.01. The number of halogens is 3. The number of piperidine rings is 1. The van der Waals surface area contributed by atoms with Gasteiger partial charge in [0.1, 0.15) is 5.75 Å². The molecule has 2 heterocycles. The van der Waals surface area contributed by atoms with Gasteiger partial charge in [-0.1, -0.05) is 18.2 Å². The van der Waals surface area contributed by atoms with E-state index >= 15 is 0 Å². The van der Waals surface area contributed by atoms with Gasteiger partial charge in [0.25, 0.3) is 5.19 Å². The molecule has 162 valence electrons. The Morgan fingerprint density at radius 3 is 2.52 bits per heavy atom. The Morgan fingerprint density at radius 1 is 1.03 bits per heavy atom. The van der Waals surface area contributed by atoms with Crippen molar-refractivity contribution in [1.82, 2.24) is 14.3 Å². The van der Waals surface area contributed by atoms with Gasteiger partial charge < -0.3 is 9.64 Å². The zero-order valence-corrected chi connectivity index (χ0v) is 17.5. The first-order chi connectivity index (χ1) is 15.0. The molecule has 0 saturated carbocycles. The molecule has 1 aromatic heterocycles. The van der Waals surface area contributed by atoms with Gasteiger partial charge in [0.05, 0.1) is 17.6 Å². The summed E-state index contributed by atoms with van der Waals surface area (Å²) in [5.41, 5.74) is 0.280. The molecule has 1 aliphatic heterocycles. The van der Waals surface area contributed by atoms with Gasteiger partial charge in [-0.05, 0) is 55.2 Å². The first kappa shape index (κ1) is 21.3. The number of aromatic nitrogens is 2. The van der Waals surface area contributed by atoms with Gasteiger partial charge in [-0.3, -0.25) is 0 Å². The van der Waals surface area contributed by atoms with Crippen LogP contribution >= 0.6 is 11.5 Å². The highest BCUT2D eigenvalue weighted by atomic mass is 32.1. The predicted molar refractivity (Wildman–Crippen MR) is 114 cm³/mol. The first-order valence-electron chi connectivity index (χ1n) is 10.0. The lowest BCUT2D eigenvalue weighted by molar-refractivity contribution is -0.138. The van der Waals surface area contributed by atoms with Gasteiger partial charge in [-0.15, -0.1) is 0 Å². The molecule has 1 aliphatic rings. The lowest BCUT2D eigenvalue weighted by Crippen LogP contribution is -2.27. The average Bonchev–Trinajstić information content (AvgIpc) is 3.20. The number of rotatable bonds is 6. The van der Waals surface area contributed by atoms with Crippen LogP contribution in [0.25, 0.3) is 0 Å². The third-order valence-electron chi connectivity index (χ3n) is 4.92. The van der Waals surface area contributed by atoms with Crippen LogP contribution in [0.1, 0.15) is 36.2 Å². The maximum atomic E-state index is 13.2. The van der Waals surface area contributed by atoms with E-state index in [1.54, 1.807) is 18.2 Å². The molecule has 0 bridgehead atoms. The Morgan fingerprint density at radius 2 is 1.77 bits per heavy atom. The van der Waals surface area contributed by atoms with Crippen LogP contribution in [0.5, 0.6) is 10.9 Å². The molecule has 2 aromatic carbocycles. The number of hydrogen-bond acceptors (Lipinski definition) is 5. The summed E-state index contributed by atoms with van der Waals surface area (Å²) in [6.07, 6.45) is 1.13. The molecule has 3 aromatic rings. The van der Waals surface area contributed by atoms with Gasteiger partial charge in [0.2, 0.25) is 0 Å². The Kier molecular flexibility index (Phi) is 6.50. The molecule has 1 saturated heterocycles. The summed E-state index contributed by atoms with van der Waals surface area (Å²) < 4.78 is 49.3. The monoisotopic (exact) mass is 446 g/mol. The third kappa shape index (κ3) is 5.81. The zero-order valence-electron chi connectivity index (χ0n) is 16.7. The van der Waals surface area contributed by atoms with Gasteiger partial charge in [-0.2, -0.15) is 22.5 Å². The lowest BCUT2D eigenvalue weighted by Gasteiger charge is -2.23. The van der Waals surface area contributed by atoms with E-state index in [1.807, 2.05) is 18.5 Å². The van der Waals surface area contributed by atoms with Gasteiger partial charge >= 0.3 is 6.18 Å². The fourth-order valence-corrected chi connectivity index (χ4v) is 3.92. The van der Waals surface area contributed by atoms with E-state index in [0.717, 1.165) is 36.4 Å². The number of alkyl halides is 3. The van der Waals surface area contributed by atoms with Crippen LogP contribution < -0.4 is 4.74 Å². The van der Waals surface area contributed by atoms with Crippen molar-refractivity contribution < 1.29 is 17.9 Å². The fourth-order valence-electron chi connectivity index (χ4n) is 3.36. The SMILES string of the molecule is FC(F)(F)c1ccccc1Cc1nsc(Oc2ccc(N=CN3CCCCC3)cc2)n1. The van der Waals surface area contributed by atoms with Crippen LogP contribution in [-0.2, 0) is 12.6 Å². The second-order valence-electron chi connectivity index (χ2n) is 7.25. The predicted octanol–water partition coefficient (Wildman–Crippen LogP) is 6.09. The number of benzene rings is 2. The smallest absolute Gasteiger partial charge is 0.416 e. The molecule has 31 heavy (non-hydrogen) atoms. The van der Waals surface area contributed by atoms with E-state index in [9.17, 15) is 13.2 Å². The van der Waals surface area contributed by atoms with E-state index in [4.69, 9.17) is 4.74 Å². The minimum Gasteiger partial charge on any atom is -0.430 e. The molecule has 0 atom stereocenters. The highest BCUT2D eigenvalue weighted by molar-refractivity contribution is 7.07. The van der Waals surface area contributed by atoms with Gasteiger partial charge in [0, 0.05) is 31.0 Å². The molecule has 0 unspecified atom stereocenters. The molecule has 0 spiro atoms. The highest BCUT2D eigenvalue weighted by Gasteiger charge is 2.33. The van der Waals surface area contributed by atoms with Crippen LogP contribution in [0.2, 0.25) is 0 Å². The summed E-state index contributed by atoms with van der Waals surface area (Å²) in [6.45, 7) is 2.08. The molecule has 0 N–H and O–H groups in total. The second kappa shape index (κ2) is 9.47. The second-order valence-corrected chi connectivity index (χ2v) is 7.96. The Hall–Kier alpha value is -2.94. The van der Waals surface area contributed by atoms with Crippen LogP contribution in [-0.4, -0.2) is 33.7 Å². The van der Waals surface area contributed by atoms with Crippen molar-refractivity contribution in [3.8, 4) is 10.9 Å². The fraction of sp³-hybridized carbons (Fsp3) is 0.318. The summed E-state index contributed by atoms with van der Waals surface area (Å²) in [5, 5.41) is 0.282.